The van der Waals surface area contributed by atoms with E-state index in [0.29, 0.717) is 0 Å². The van der Waals surface area contributed by atoms with E-state index in [1.807, 2.05) is 0 Å². The monoisotopic (exact) mass is 211 g/mol. The minimum absolute atomic E-state index is 0. The molecule has 0 spiro atoms. The van der Waals surface area contributed by atoms with E-state index < -0.39 is 10.0 Å². The Morgan fingerprint density at radius 1 is 1.17 bits per heavy atom. The van der Waals surface area contributed by atoms with Gasteiger partial charge in [-0.2, -0.15) is 0 Å². The number of nitrogens with one attached hydrogen (secondary N) is 1. The van der Waals surface area contributed by atoms with Gasteiger partial charge in [0.1, 0.15) is 5.75 Å². The van der Waals surface area contributed by atoms with Gasteiger partial charge in [0.25, 0.3) is 0 Å². The van der Waals surface area contributed by atoms with Crippen molar-refractivity contribution in [2.75, 3.05) is 0 Å². The van der Waals surface area contributed by atoms with Crippen LogP contribution in [0.1, 0.15) is 0 Å². The number of phenolic OH excluding ortho intramolecular Hbond substituents is 1. The van der Waals surface area contributed by atoms with Gasteiger partial charge in [-0.15, -0.1) is 0 Å². The molecule has 1 aromatic carbocycles. The van der Waals surface area contributed by atoms with Crippen LogP contribution in [0.15, 0.2) is 29.2 Å². The predicted molar refractivity (Wildman–Crippen MR) is 39.6 cm³/mol. The standard InChI is InChI=1S/C6H6NO3S.K/c7-11(9,10)6-3-1-5(8)2-4-6;/h1-4H,(H2-,7,8,9,10);/q-1;+1. The minimum atomic E-state index is -3.88. The molecule has 1 aromatic rings. The number of sulfonamides is 1. The quantitative estimate of drug-likeness (QED) is 0.553. The number of benzene rings is 1. The molecule has 4 nitrogen and oxygen atoms in total. The molecule has 0 unspecified atom stereocenters. The molecule has 0 radical (unpaired) electrons. The second kappa shape index (κ2) is 4.71. The summed E-state index contributed by atoms with van der Waals surface area (Å²) in [6.07, 6.45) is 0. The average molecular weight is 211 g/mol. The Bertz CT molecular complexity index is 346. The third-order valence-electron chi connectivity index (χ3n) is 1.15. The normalized spacial score (nSPS) is 10.4. The summed E-state index contributed by atoms with van der Waals surface area (Å²) in [4.78, 5) is -0.115. The van der Waals surface area contributed by atoms with E-state index in [0.717, 1.165) is 0 Å². The molecule has 0 saturated heterocycles. The maximum absolute atomic E-state index is 10.5. The molecule has 0 aliphatic carbocycles. The number of aromatic hydroxyl groups is 1. The van der Waals surface area contributed by atoms with E-state index in [-0.39, 0.29) is 62.0 Å². The first-order valence-electron chi connectivity index (χ1n) is 2.79. The van der Waals surface area contributed by atoms with Crippen LogP contribution in [-0.4, -0.2) is 13.5 Å². The SMILES string of the molecule is [K+].[NH-]S(=O)(=O)c1ccc(O)cc1. The maximum Gasteiger partial charge on any atom is 1.00 e. The molecule has 12 heavy (non-hydrogen) atoms. The Balaban J connectivity index is 0.00000121. The van der Waals surface area contributed by atoms with Crippen molar-refractivity contribution < 1.29 is 64.9 Å². The van der Waals surface area contributed by atoms with Crippen LogP contribution in [0.25, 0.3) is 5.14 Å². The van der Waals surface area contributed by atoms with Crippen LogP contribution in [0.4, 0.5) is 0 Å². The maximum atomic E-state index is 10.5. The Hall–Kier alpha value is 0.566. The fraction of sp³-hybridized carbons (Fsp3) is 0. The number of phenols is 1. The number of hydrogen-bond donors (Lipinski definition) is 1. The smallest absolute Gasteiger partial charge is 0.560 e. The molecular formula is C6H6KNO3S. The number of rotatable bonds is 1. The molecule has 0 fully saturated rings. The molecule has 0 aromatic heterocycles. The molecule has 0 aliphatic rings. The van der Waals surface area contributed by atoms with Crippen molar-refractivity contribution in [3.63, 3.8) is 0 Å². The second-order valence-corrected chi connectivity index (χ2v) is 3.48. The van der Waals surface area contributed by atoms with Crippen molar-refractivity contribution in [2.45, 2.75) is 4.90 Å². The van der Waals surface area contributed by atoms with Crippen LogP contribution >= 0.6 is 0 Å². The van der Waals surface area contributed by atoms with E-state index in [1.165, 1.54) is 24.3 Å². The van der Waals surface area contributed by atoms with Gasteiger partial charge in [-0.25, -0.2) is 8.42 Å². The van der Waals surface area contributed by atoms with Crippen molar-refractivity contribution in [1.29, 1.82) is 0 Å². The molecule has 60 valence electrons. The minimum Gasteiger partial charge on any atom is -0.560 e. The van der Waals surface area contributed by atoms with Gasteiger partial charge >= 0.3 is 51.4 Å². The fourth-order valence-electron chi connectivity index (χ4n) is 0.625. The molecular weight excluding hydrogens is 205 g/mol. The summed E-state index contributed by atoms with van der Waals surface area (Å²) in [6.45, 7) is 0. The molecule has 0 heterocycles. The molecule has 0 bridgehead atoms. The molecule has 0 aliphatic heterocycles. The molecule has 1 rings (SSSR count). The van der Waals surface area contributed by atoms with E-state index >= 15 is 0 Å². The van der Waals surface area contributed by atoms with Crippen LogP contribution < -0.4 is 51.4 Å². The van der Waals surface area contributed by atoms with Crippen LogP contribution in [0.3, 0.4) is 0 Å². The average Bonchev–Trinajstić information content (AvgIpc) is 1.86. The van der Waals surface area contributed by atoms with Gasteiger partial charge in [-0.3, -0.25) is 0 Å². The van der Waals surface area contributed by atoms with Crippen molar-refractivity contribution in [3.05, 3.63) is 29.4 Å². The first-order chi connectivity index (χ1) is 5.00. The summed E-state index contributed by atoms with van der Waals surface area (Å²) in [5.74, 6) is -0.0163. The van der Waals surface area contributed by atoms with Gasteiger partial charge in [0, 0.05) is 4.90 Å². The predicted octanol–water partition coefficient (Wildman–Crippen LogP) is -1.86. The van der Waals surface area contributed by atoms with Crippen LogP contribution in [0.2, 0.25) is 0 Å². The summed E-state index contributed by atoms with van der Waals surface area (Å²) in [7, 11) is -3.88. The zero-order chi connectivity index (χ0) is 8.48. The van der Waals surface area contributed by atoms with Crippen molar-refractivity contribution in [2.24, 2.45) is 0 Å². The summed E-state index contributed by atoms with van der Waals surface area (Å²) in [5, 5.41) is 15.4. The topological polar surface area (TPSA) is 78.2 Å². The summed E-state index contributed by atoms with van der Waals surface area (Å²) >= 11 is 0. The number of hydrogen-bond acceptors (Lipinski definition) is 3. The molecule has 6 heteroatoms. The van der Waals surface area contributed by atoms with Gasteiger partial charge in [-0.1, -0.05) is 0 Å². The Kier molecular flexibility index (Phi) is 4.93. The second-order valence-electron chi connectivity index (χ2n) is 2.00. The van der Waals surface area contributed by atoms with Crippen LogP contribution in [0.5, 0.6) is 5.75 Å². The van der Waals surface area contributed by atoms with Gasteiger partial charge in [0.15, 0.2) is 0 Å². The van der Waals surface area contributed by atoms with E-state index in [1.54, 1.807) is 0 Å². The molecule has 0 atom stereocenters. The zero-order valence-electron chi connectivity index (χ0n) is 6.48. The first kappa shape index (κ1) is 12.6. The van der Waals surface area contributed by atoms with Crippen molar-refractivity contribution in [1.82, 2.24) is 0 Å². The summed E-state index contributed by atoms with van der Waals surface area (Å²) in [6, 6.07) is 4.80. The van der Waals surface area contributed by atoms with Gasteiger partial charge in [-0.05, 0) is 24.3 Å². The van der Waals surface area contributed by atoms with Gasteiger partial charge < -0.3 is 10.2 Å². The van der Waals surface area contributed by atoms with Gasteiger partial charge in [0.05, 0.1) is 10.0 Å². The van der Waals surface area contributed by atoms with E-state index in [9.17, 15) is 8.42 Å². The fourth-order valence-corrected chi connectivity index (χ4v) is 1.12. The van der Waals surface area contributed by atoms with Gasteiger partial charge in [0.2, 0.25) is 0 Å². The third-order valence-corrected chi connectivity index (χ3v) is 2.04. The Morgan fingerprint density at radius 2 is 1.58 bits per heavy atom. The van der Waals surface area contributed by atoms with Crippen molar-refractivity contribution in [3.8, 4) is 5.75 Å². The molecule has 0 amide bonds. The summed E-state index contributed by atoms with van der Waals surface area (Å²) < 4.78 is 21.1. The Labute approximate surface area is 113 Å². The zero-order valence-corrected chi connectivity index (χ0v) is 10.4. The van der Waals surface area contributed by atoms with E-state index in [4.69, 9.17) is 10.2 Å². The third kappa shape index (κ3) is 3.52. The first-order valence-corrected chi connectivity index (χ1v) is 4.27. The Morgan fingerprint density at radius 3 is 1.92 bits per heavy atom. The van der Waals surface area contributed by atoms with Crippen LogP contribution in [0, 0.1) is 0 Å². The summed E-state index contributed by atoms with van der Waals surface area (Å²) in [5.41, 5.74) is 0. The molecule has 2 N–H and O–H groups in total. The van der Waals surface area contributed by atoms with Crippen LogP contribution in [-0.2, 0) is 10.0 Å². The van der Waals surface area contributed by atoms with E-state index in [2.05, 4.69) is 0 Å². The van der Waals surface area contributed by atoms with Crippen molar-refractivity contribution >= 4 is 10.0 Å². The molecule has 0 saturated carbocycles. The largest absolute Gasteiger partial charge is 1.00 e.